The molecule has 23 heavy (non-hydrogen) atoms. The minimum atomic E-state index is 0. The van der Waals surface area contributed by atoms with E-state index in [4.69, 9.17) is 0 Å². The molecule has 1 saturated heterocycles. The number of rotatable bonds is 5. The lowest BCUT2D eigenvalue weighted by atomic mass is 9.99. The molecule has 2 rings (SSSR count). The van der Waals surface area contributed by atoms with Gasteiger partial charge in [-0.15, -0.1) is 30.6 Å². The summed E-state index contributed by atoms with van der Waals surface area (Å²) in [6.07, 6.45) is 6.27. The van der Waals surface area contributed by atoms with Gasteiger partial charge < -0.3 is 15.5 Å². The van der Waals surface area contributed by atoms with Gasteiger partial charge in [-0.3, -0.25) is 4.99 Å². The lowest BCUT2D eigenvalue weighted by Gasteiger charge is -2.31. The predicted molar refractivity (Wildman–Crippen MR) is 109 cm³/mol. The Kier molecular flexibility index (Phi) is 8.98. The normalized spacial score (nSPS) is 15.7. The van der Waals surface area contributed by atoms with Crippen molar-refractivity contribution >= 4 is 35.8 Å². The fourth-order valence-corrected chi connectivity index (χ4v) is 2.52. The summed E-state index contributed by atoms with van der Waals surface area (Å²) in [7, 11) is 1.76. The van der Waals surface area contributed by atoms with Crippen LogP contribution in [0.5, 0.6) is 0 Å². The van der Waals surface area contributed by atoms with Crippen molar-refractivity contribution < 1.29 is 0 Å². The van der Waals surface area contributed by atoms with Crippen LogP contribution in [0.1, 0.15) is 25.3 Å². The lowest BCUT2D eigenvalue weighted by molar-refractivity contribution is 0.436. The fourth-order valence-electron chi connectivity index (χ4n) is 2.52. The first kappa shape index (κ1) is 19.7. The highest BCUT2D eigenvalue weighted by atomic mass is 127. The molecule has 128 valence electrons. The van der Waals surface area contributed by atoms with E-state index in [2.05, 4.69) is 51.1 Å². The Morgan fingerprint density at radius 2 is 2.13 bits per heavy atom. The van der Waals surface area contributed by atoms with Crippen molar-refractivity contribution in [2.24, 2.45) is 10.9 Å². The fraction of sp³-hybridized carbons (Fsp3) is 0.529. The van der Waals surface area contributed by atoms with Crippen LogP contribution < -0.4 is 15.5 Å². The van der Waals surface area contributed by atoms with Crippen LogP contribution in [0.3, 0.4) is 0 Å². The third-order valence-electron chi connectivity index (χ3n) is 4.01. The number of nitrogens with zero attached hydrogens (tertiary/aromatic N) is 3. The summed E-state index contributed by atoms with van der Waals surface area (Å²) < 4.78 is 0. The van der Waals surface area contributed by atoms with Crippen LogP contribution in [0.4, 0.5) is 5.82 Å². The van der Waals surface area contributed by atoms with Crippen LogP contribution in [0.15, 0.2) is 36.0 Å². The molecule has 0 bridgehead atoms. The summed E-state index contributed by atoms with van der Waals surface area (Å²) >= 11 is 0. The smallest absolute Gasteiger partial charge is 0.191 e. The van der Waals surface area contributed by atoms with E-state index in [-0.39, 0.29) is 24.0 Å². The molecular weight excluding hydrogens is 401 g/mol. The number of aliphatic imine (C=N–C) groups is 1. The number of hydrogen-bond donors (Lipinski definition) is 2. The van der Waals surface area contributed by atoms with E-state index >= 15 is 0 Å². The monoisotopic (exact) mass is 429 g/mol. The molecule has 2 N–H and O–H groups in total. The minimum Gasteiger partial charge on any atom is -0.357 e. The summed E-state index contributed by atoms with van der Waals surface area (Å²) in [5, 5.41) is 6.41. The summed E-state index contributed by atoms with van der Waals surface area (Å²) in [5.74, 6) is 2.70. The summed E-state index contributed by atoms with van der Waals surface area (Å²) in [5.41, 5.74) is 1.15. The predicted octanol–water partition coefficient (Wildman–Crippen LogP) is 2.79. The molecule has 0 atom stereocenters. The molecule has 1 aliphatic rings. The summed E-state index contributed by atoms with van der Waals surface area (Å²) in [6.45, 7) is 9.65. The zero-order valence-electron chi connectivity index (χ0n) is 14.1. The van der Waals surface area contributed by atoms with Gasteiger partial charge in [-0.25, -0.2) is 4.98 Å². The van der Waals surface area contributed by atoms with Gasteiger partial charge in [-0.1, -0.05) is 19.1 Å². The van der Waals surface area contributed by atoms with Gasteiger partial charge in [0.1, 0.15) is 5.82 Å². The molecule has 0 aliphatic carbocycles. The average Bonchev–Trinajstić information content (AvgIpc) is 2.56. The molecule has 0 saturated carbocycles. The molecule has 0 aromatic carbocycles. The second-order valence-corrected chi connectivity index (χ2v) is 5.79. The number of pyridine rings is 1. The molecule has 1 aliphatic heterocycles. The Labute approximate surface area is 156 Å². The standard InChI is InChI=1S/C17H27N5.HI/c1-4-9-19-17(18-3)21-13-15-5-6-16(20-12-15)22-10-7-14(2)8-11-22;/h4-6,12,14H,1,7-11,13H2,2-3H3,(H2,18,19,21);1H. The highest BCUT2D eigenvalue weighted by molar-refractivity contribution is 14.0. The van der Waals surface area contributed by atoms with Crippen molar-refractivity contribution in [1.29, 1.82) is 0 Å². The largest absolute Gasteiger partial charge is 0.357 e. The maximum absolute atomic E-state index is 4.60. The van der Waals surface area contributed by atoms with E-state index in [0.29, 0.717) is 13.1 Å². The molecule has 0 radical (unpaired) electrons. The summed E-state index contributed by atoms with van der Waals surface area (Å²) in [4.78, 5) is 11.1. The van der Waals surface area contributed by atoms with E-state index in [0.717, 1.165) is 36.3 Å². The lowest BCUT2D eigenvalue weighted by Crippen LogP contribution is -2.36. The van der Waals surface area contributed by atoms with Gasteiger partial charge in [-0.2, -0.15) is 0 Å². The van der Waals surface area contributed by atoms with Gasteiger partial charge in [0.05, 0.1) is 0 Å². The van der Waals surface area contributed by atoms with E-state index in [1.54, 1.807) is 7.05 Å². The van der Waals surface area contributed by atoms with Crippen molar-refractivity contribution in [2.75, 3.05) is 31.6 Å². The Balaban J connectivity index is 0.00000264. The maximum Gasteiger partial charge on any atom is 0.191 e. The van der Waals surface area contributed by atoms with E-state index in [1.807, 2.05) is 12.3 Å². The highest BCUT2D eigenvalue weighted by Crippen LogP contribution is 2.21. The van der Waals surface area contributed by atoms with Gasteiger partial charge >= 0.3 is 0 Å². The molecule has 5 nitrogen and oxygen atoms in total. The van der Waals surface area contributed by atoms with Crippen LogP contribution in [-0.2, 0) is 6.54 Å². The zero-order chi connectivity index (χ0) is 15.8. The van der Waals surface area contributed by atoms with Crippen LogP contribution in [0, 0.1) is 5.92 Å². The Bertz CT molecular complexity index is 492. The van der Waals surface area contributed by atoms with Crippen molar-refractivity contribution in [2.45, 2.75) is 26.3 Å². The molecule has 1 aromatic heterocycles. The van der Waals surface area contributed by atoms with Crippen molar-refractivity contribution in [3.63, 3.8) is 0 Å². The van der Waals surface area contributed by atoms with Crippen molar-refractivity contribution in [1.82, 2.24) is 15.6 Å². The van der Waals surface area contributed by atoms with Crippen LogP contribution in [0.25, 0.3) is 0 Å². The van der Waals surface area contributed by atoms with E-state index in [1.165, 1.54) is 12.8 Å². The molecule has 2 heterocycles. The van der Waals surface area contributed by atoms with Gasteiger partial charge in [0.25, 0.3) is 0 Å². The number of halogens is 1. The third kappa shape index (κ3) is 6.37. The number of aromatic nitrogens is 1. The highest BCUT2D eigenvalue weighted by Gasteiger charge is 2.16. The molecule has 1 aromatic rings. The van der Waals surface area contributed by atoms with Gasteiger partial charge in [0, 0.05) is 39.4 Å². The van der Waals surface area contributed by atoms with Gasteiger partial charge in [-0.05, 0) is 30.4 Å². The second-order valence-electron chi connectivity index (χ2n) is 5.79. The van der Waals surface area contributed by atoms with Crippen molar-refractivity contribution in [3.8, 4) is 0 Å². The third-order valence-corrected chi connectivity index (χ3v) is 4.01. The molecule has 1 fully saturated rings. The number of nitrogens with one attached hydrogen (secondary N) is 2. The molecule has 0 amide bonds. The second kappa shape index (κ2) is 10.5. The Morgan fingerprint density at radius 1 is 1.39 bits per heavy atom. The molecule has 6 heteroatoms. The number of piperidine rings is 1. The molecule has 0 unspecified atom stereocenters. The van der Waals surface area contributed by atoms with Crippen LogP contribution in [-0.4, -0.2) is 37.6 Å². The minimum absolute atomic E-state index is 0. The quantitative estimate of drug-likeness (QED) is 0.327. The average molecular weight is 429 g/mol. The topological polar surface area (TPSA) is 52.6 Å². The first-order valence-electron chi connectivity index (χ1n) is 7.98. The number of hydrogen-bond acceptors (Lipinski definition) is 3. The Morgan fingerprint density at radius 3 is 2.70 bits per heavy atom. The SMILES string of the molecule is C=CCNC(=NC)NCc1ccc(N2CCC(C)CC2)nc1.I. The molecular formula is C17H28IN5. The number of anilines is 1. The van der Waals surface area contributed by atoms with Gasteiger partial charge in [0.15, 0.2) is 5.96 Å². The van der Waals surface area contributed by atoms with E-state index < -0.39 is 0 Å². The number of guanidine groups is 1. The maximum atomic E-state index is 4.60. The van der Waals surface area contributed by atoms with E-state index in [9.17, 15) is 0 Å². The zero-order valence-corrected chi connectivity index (χ0v) is 16.4. The van der Waals surface area contributed by atoms with Crippen molar-refractivity contribution in [3.05, 3.63) is 36.5 Å². The first-order chi connectivity index (χ1) is 10.7. The molecule has 0 spiro atoms. The first-order valence-corrected chi connectivity index (χ1v) is 7.98. The van der Waals surface area contributed by atoms with Crippen LogP contribution in [0.2, 0.25) is 0 Å². The Hall–Kier alpha value is -1.31. The summed E-state index contributed by atoms with van der Waals surface area (Å²) in [6, 6.07) is 4.25. The van der Waals surface area contributed by atoms with Gasteiger partial charge in [0.2, 0.25) is 0 Å². The van der Waals surface area contributed by atoms with Crippen LogP contribution >= 0.6 is 24.0 Å².